The van der Waals surface area contributed by atoms with Crippen LogP contribution in [0, 0.1) is 12.7 Å². The number of hydrogen-bond acceptors (Lipinski definition) is 1. The molecule has 0 fully saturated rings. The minimum atomic E-state index is -0.469. The first-order valence-electron chi connectivity index (χ1n) is 6.18. The highest BCUT2D eigenvalue weighted by molar-refractivity contribution is 9.10. The molecule has 0 bridgehead atoms. The highest BCUT2D eigenvalue weighted by Gasteiger charge is 2.22. The molecule has 0 aliphatic rings. The quantitative estimate of drug-likeness (QED) is 0.895. The minimum Gasteiger partial charge on any atom is -0.321 e. The molecule has 0 heterocycles. The molecule has 0 saturated heterocycles. The van der Waals surface area contributed by atoms with Crippen LogP contribution < -0.4 is 5.73 Å². The molecule has 19 heavy (non-hydrogen) atoms. The number of halogens is 2. The largest absolute Gasteiger partial charge is 0.321 e. The summed E-state index contributed by atoms with van der Waals surface area (Å²) < 4.78 is 14.1. The molecule has 2 rings (SSSR count). The van der Waals surface area contributed by atoms with E-state index in [0.717, 1.165) is 21.2 Å². The SMILES string of the molecule is Cc1cc(F)ccc1CC(C)(N)c1ccc(Br)cc1. The molecule has 0 spiro atoms. The monoisotopic (exact) mass is 321 g/mol. The third kappa shape index (κ3) is 3.43. The van der Waals surface area contributed by atoms with E-state index in [9.17, 15) is 4.39 Å². The molecular weight excluding hydrogens is 305 g/mol. The van der Waals surface area contributed by atoms with E-state index < -0.39 is 5.54 Å². The topological polar surface area (TPSA) is 26.0 Å². The van der Waals surface area contributed by atoms with Crippen molar-refractivity contribution in [3.63, 3.8) is 0 Å². The van der Waals surface area contributed by atoms with Gasteiger partial charge >= 0.3 is 0 Å². The zero-order valence-corrected chi connectivity index (χ0v) is 12.7. The van der Waals surface area contributed by atoms with Crippen molar-refractivity contribution in [3.05, 3.63) is 69.4 Å². The Kier molecular flexibility index (Phi) is 4.07. The van der Waals surface area contributed by atoms with Crippen LogP contribution in [0.25, 0.3) is 0 Å². The lowest BCUT2D eigenvalue weighted by molar-refractivity contribution is 0.489. The molecule has 0 amide bonds. The van der Waals surface area contributed by atoms with Crippen molar-refractivity contribution >= 4 is 15.9 Å². The van der Waals surface area contributed by atoms with Gasteiger partial charge in [-0.3, -0.25) is 0 Å². The molecule has 2 aromatic carbocycles. The minimum absolute atomic E-state index is 0.205. The van der Waals surface area contributed by atoms with Crippen LogP contribution in [0.5, 0.6) is 0 Å². The summed E-state index contributed by atoms with van der Waals surface area (Å²) in [7, 11) is 0. The summed E-state index contributed by atoms with van der Waals surface area (Å²) in [5, 5.41) is 0. The Morgan fingerprint density at radius 2 is 1.79 bits per heavy atom. The Bertz CT molecular complexity index is 576. The first-order valence-corrected chi connectivity index (χ1v) is 6.98. The lowest BCUT2D eigenvalue weighted by atomic mass is 9.85. The molecule has 100 valence electrons. The first-order chi connectivity index (χ1) is 8.88. The molecule has 0 aliphatic carbocycles. The van der Waals surface area contributed by atoms with Gasteiger partial charge in [0, 0.05) is 10.0 Å². The van der Waals surface area contributed by atoms with Gasteiger partial charge in [0.2, 0.25) is 0 Å². The van der Waals surface area contributed by atoms with Crippen LogP contribution in [0.15, 0.2) is 46.9 Å². The fourth-order valence-corrected chi connectivity index (χ4v) is 2.45. The predicted molar refractivity (Wildman–Crippen MR) is 80.5 cm³/mol. The Labute approximate surface area is 121 Å². The van der Waals surface area contributed by atoms with Gasteiger partial charge in [-0.1, -0.05) is 34.1 Å². The van der Waals surface area contributed by atoms with Gasteiger partial charge in [0.1, 0.15) is 5.82 Å². The van der Waals surface area contributed by atoms with Gasteiger partial charge in [0.05, 0.1) is 0 Å². The maximum absolute atomic E-state index is 13.1. The third-order valence-corrected chi connectivity index (χ3v) is 3.89. The number of benzene rings is 2. The van der Waals surface area contributed by atoms with E-state index in [-0.39, 0.29) is 5.82 Å². The van der Waals surface area contributed by atoms with Crippen LogP contribution in [0.2, 0.25) is 0 Å². The van der Waals surface area contributed by atoms with Gasteiger partial charge in [-0.05, 0) is 61.2 Å². The summed E-state index contributed by atoms with van der Waals surface area (Å²) >= 11 is 3.42. The second-order valence-corrected chi connectivity index (χ2v) is 6.09. The van der Waals surface area contributed by atoms with Gasteiger partial charge in [-0.15, -0.1) is 0 Å². The average molecular weight is 322 g/mol. The van der Waals surface area contributed by atoms with Crippen LogP contribution in [0.4, 0.5) is 4.39 Å². The molecule has 0 saturated carbocycles. The van der Waals surface area contributed by atoms with Crippen molar-refractivity contribution < 1.29 is 4.39 Å². The van der Waals surface area contributed by atoms with Gasteiger partial charge < -0.3 is 5.73 Å². The first kappa shape index (κ1) is 14.2. The van der Waals surface area contributed by atoms with Crippen molar-refractivity contribution in [1.82, 2.24) is 0 Å². The second kappa shape index (κ2) is 5.43. The third-order valence-electron chi connectivity index (χ3n) is 3.37. The molecular formula is C16H17BrFN. The van der Waals surface area contributed by atoms with E-state index in [0.29, 0.717) is 6.42 Å². The normalized spacial score (nSPS) is 14.2. The Morgan fingerprint density at radius 1 is 1.16 bits per heavy atom. The maximum atomic E-state index is 13.1. The van der Waals surface area contributed by atoms with Crippen molar-refractivity contribution in [2.45, 2.75) is 25.8 Å². The van der Waals surface area contributed by atoms with Crippen LogP contribution in [0.1, 0.15) is 23.6 Å². The number of aryl methyl sites for hydroxylation is 1. The molecule has 0 aliphatic heterocycles. The lowest BCUT2D eigenvalue weighted by Crippen LogP contribution is -2.35. The summed E-state index contributed by atoms with van der Waals surface area (Å²) in [4.78, 5) is 0. The lowest BCUT2D eigenvalue weighted by Gasteiger charge is -2.26. The summed E-state index contributed by atoms with van der Waals surface area (Å²) in [5.74, 6) is -0.205. The summed E-state index contributed by atoms with van der Waals surface area (Å²) in [6, 6.07) is 12.9. The average Bonchev–Trinajstić information content (AvgIpc) is 2.33. The second-order valence-electron chi connectivity index (χ2n) is 5.17. The van der Waals surface area contributed by atoms with E-state index >= 15 is 0 Å². The van der Waals surface area contributed by atoms with Crippen LogP contribution in [0.3, 0.4) is 0 Å². The van der Waals surface area contributed by atoms with Gasteiger partial charge in [-0.2, -0.15) is 0 Å². The summed E-state index contributed by atoms with van der Waals surface area (Å²) in [6.07, 6.45) is 0.681. The highest BCUT2D eigenvalue weighted by Crippen LogP contribution is 2.26. The molecule has 1 unspecified atom stereocenters. The maximum Gasteiger partial charge on any atom is 0.123 e. The van der Waals surface area contributed by atoms with Gasteiger partial charge in [-0.25, -0.2) is 4.39 Å². The van der Waals surface area contributed by atoms with Crippen LogP contribution in [-0.2, 0) is 12.0 Å². The van der Waals surface area contributed by atoms with Crippen molar-refractivity contribution in [2.24, 2.45) is 5.73 Å². The van der Waals surface area contributed by atoms with Crippen LogP contribution in [-0.4, -0.2) is 0 Å². The number of nitrogens with two attached hydrogens (primary N) is 1. The van der Waals surface area contributed by atoms with E-state index in [1.54, 1.807) is 6.07 Å². The highest BCUT2D eigenvalue weighted by atomic mass is 79.9. The van der Waals surface area contributed by atoms with Gasteiger partial charge in [0.15, 0.2) is 0 Å². The molecule has 1 nitrogen and oxygen atoms in total. The summed E-state index contributed by atoms with van der Waals surface area (Å²) in [6.45, 7) is 3.91. The molecule has 0 radical (unpaired) electrons. The van der Waals surface area contributed by atoms with Gasteiger partial charge in [0.25, 0.3) is 0 Å². The van der Waals surface area contributed by atoms with E-state index in [1.165, 1.54) is 6.07 Å². The molecule has 3 heteroatoms. The van der Waals surface area contributed by atoms with E-state index in [4.69, 9.17) is 5.73 Å². The standard InChI is InChI=1S/C16H17BrFN/c1-11-9-15(18)8-3-12(11)10-16(2,19)13-4-6-14(17)7-5-13/h3-9H,10,19H2,1-2H3. The smallest absolute Gasteiger partial charge is 0.123 e. The zero-order chi connectivity index (χ0) is 14.0. The predicted octanol–water partition coefficient (Wildman–Crippen LogP) is 4.31. The fraction of sp³-hybridized carbons (Fsp3) is 0.250. The molecule has 0 aromatic heterocycles. The van der Waals surface area contributed by atoms with Crippen LogP contribution >= 0.6 is 15.9 Å². The fourth-order valence-electron chi connectivity index (χ4n) is 2.19. The number of hydrogen-bond donors (Lipinski definition) is 1. The van der Waals surface area contributed by atoms with E-state index in [2.05, 4.69) is 15.9 Å². The van der Waals surface area contributed by atoms with E-state index in [1.807, 2.05) is 44.2 Å². The Balaban J connectivity index is 2.27. The zero-order valence-electron chi connectivity index (χ0n) is 11.1. The molecule has 1 atom stereocenters. The van der Waals surface area contributed by atoms with Crippen molar-refractivity contribution in [1.29, 1.82) is 0 Å². The molecule has 2 N–H and O–H groups in total. The Morgan fingerprint density at radius 3 is 2.37 bits per heavy atom. The Hall–Kier alpha value is -1.19. The number of rotatable bonds is 3. The van der Waals surface area contributed by atoms with Crippen molar-refractivity contribution in [3.8, 4) is 0 Å². The summed E-state index contributed by atoms with van der Waals surface area (Å²) in [5.41, 5.74) is 9.03. The molecule has 2 aromatic rings. The van der Waals surface area contributed by atoms with Crippen molar-refractivity contribution in [2.75, 3.05) is 0 Å².